The van der Waals surface area contributed by atoms with Gasteiger partial charge in [0.05, 0.1) is 54.5 Å². The van der Waals surface area contributed by atoms with Crippen molar-refractivity contribution < 1.29 is 28.5 Å². The van der Waals surface area contributed by atoms with Crippen LogP contribution < -0.4 is 17.9 Å². The standard InChI is InChI=1S/C49H44N4O8S4/c1-26-20-32-34(22-28(26)3)52(46(54)58-24-30-14-8-5-9-15-30)44-38(50-32)42-40(62-48(56)64-42)36(60-44)18-12-7-13-19-37-41-43(65-49(57)63-41)39-45(61-37)53(35-23-29(4)27(2)21-33(35)51-39)47(55)59-25-31-16-10-6-11-17-31/h5-6,8-11,14-17,20-23,36-37,44-45H,7,12-13,18-19,24-25H2,1-4H3/t36-,37-,44-,45-/m1/s1. The molecule has 0 bridgehead atoms. The Kier molecular flexibility index (Phi) is 12.0. The lowest BCUT2D eigenvalue weighted by Gasteiger charge is -2.40. The normalized spacial score (nSPS) is 19.1. The van der Waals surface area contributed by atoms with E-state index >= 15 is 0 Å². The molecular formula is C49H44N4O8S4. The molecule has 16 heteroatoms. The molecule has 2 amide bonds. The minimum absolute atomic E-state index is 0.0624. The van der Waals surface area contributed by atoms with Crippen LogP contribution in [0.5, 0.6) is 0 Å². The van der Waals surface area contributed by atoms with Crippen molar-refractivity contribution in [3.63, 3.8) is 0 Å². The third kappa shape index (κ3) is 8.43. The molecule has 6 heterocycles. The number of hydrogen-bond donors (Lipinski definition) is 0. The number of amides is 2. The number of hydrogen-bond acceptors (Lipinski definition) is 14. The van der Waals surface area contributed by atoms with E-state index in [0.29, 0.717) is 47.0 Å². The van der Waals surface area contributed by atoms with Crippen molar-refractivity contribution in [1.82, 2.24) is 0 Å². The van der Waals surface area contributed by atoms with Gasteiger partial charge >= 0.3 is 12.2 Å². The molecule has 332 valence electrons. The second kappa shape index (κ2) is 18.0. The predicted molar refractivity (Wildman–Crippen MR) is 258 cm³/mol. The van der Waals surface area contributed by atoms with Gasteiger partial charge in [-0.3, -0.25) is 9.59 Å². The number of aliphatic imine (C=N–C) groups is 2. The van der Waals surface area contributed by atoms with Gasteiger partial charge in [0.25, 0.3) is 8.11 Å². The van der Waals surface area contributed by atoms with E-state index in [1.165, 1.54) is 22.7 Å². The summed E-state index contributed by atoms with van der Waals surface area (Å²) in [7, 11) is 0. The molecule has 2 aromatic heterocycles. The Balaban J connectivity index is 0.866. The number of fused-ring (bicyclic) bond motifs is 8. The summed E-state index contributed by atoms with van der Waals surface area (Å²) < 4.78 is 25.4. The van der Waals surface area contributed by atoms with Crippen molar-refractivity contribution in [3.05, 3.63) is 156 Å². The SMILES string of the molecule is Cc1cc2c(cc1C)N(C(=O)OCc1ccccc1)[C@@H]1O[C@H](CCCCC[C@H]3O[C@@H]4C(=Nc5cc(C)c(C)cc5N4C(=O)OCc4ccccc4)c4sc(=O)sc43)c3sc(=O)sc3C1=N2. The highest BCUT2D eigenvalue weighted by atomic mass is 32.2. The highest BCUT2D eigenvalue weighted by Crippen LogP contribution is 2.48. The number of ether oxygens (including phenoxy) is 4. The van der Waals surface area contributed by atoms with Crippen LogP contribution in [0.15, 0.2) is 105 Å². The predicted octanol–water partition coefficient (Wildman–Crippen LogP) is 11.9. The van der Waals surface area contributed by atoms with Gasteiger partial charge in [-0.15, -0.1) is 0 Å². The van der Waals surface area contributed by atoms with Gasteiger partial charge in [-0.25, -0.2) is 29.4 Å². The maximum Gasteiger partial charge on any atom is 0.417 e. The first-order chi connectivity index (χ1) is 31.5. The molecule has 4 aliphatic rings. The summed E-state index contributed by atoms with van der Waals surface area (Å²) in [5.74, 6) is 0. The van der Waals surface area contributed by atoms with Gasteiger partial charge in [-0.05, 0) is 98.2 Å². The fraction of sp³-hybridized carbons (Fsp3) is 0.306. The van der Waals surface area contributed by atoms with E-state index in [4.69, 9.17) is 28.9 Å². The molecule has 0 saturated heterocycles. The van der Waals surface area contributed by atoms with Gasteiger partial charge in [0.2, 0.25) is 0 Å². The maximum atomic E-state index is 14.1. The fourth-order valence-electron chi connectivity index (χ4n) is 8.58. The molecule has 0 spiro atoms. The minimum Gasteiger partial charge on any atom is -0.444 e. The molecule has 6 aromatic rings. The number of carbonyl (C=O) groups is 2. The van der Waals surface area contributed by atoms with Crippen LogP contribution in [-0.2, 0) is 32.2 Å². The number of rotatable bonds is 10. The lowest BCUT2D eigenvalue weighted by Crippen LogP contribution is -2.51. The van der Waals surface area contributed by atoms with Crippen molar-refractivity contribution in [2.75, 3.05) is 9.80 Å². The van der Waals surface area contributed by atoms with Crippen LogP contribution in [0.3, 0.4) is 0 Å². The fourth-order valence-corrected chi connectivity index (χ4v) is 13.1. The molecule has 0 aliphatic carbocycles. The largest absolute Gasteiger partial charge is 0.444 e. The summed E-state index contributed by atoms with van der Waals surface area (Å²) in [4.78, 5) is 70.6. The Bertz CT molecular complexity index is 2810. The van der Waals surface area contributed by atoms with E-state index in [1.807, 2.05) is 113 Å². The van der Waals surface area contributed by atoms with Crippen molar-refractivity contribution in [2.24, 2.45) is 9.98 Å². The number of carbonyl (C=O) groups excluding carboxylic acids is 2. The van der Waals surface area contributed by atoms with E-state index in [0.717, 1.165) is 94.8 Å². The minimum atomic E-state index is -0.891. The second-order valence-electron chi connectivity index (χ2n) is 16.6. The summed E-state index contributed by atoms with van der Waals surface area (Å²) in [5, 5.41) is 0. The van der Waals surface area contributed by atoms with Gasteiger partial charge in [0.15, 0.2) is 12.5 Å². The molecule has 65 heavy (non-hydrogen) atoms. The lowest BCUT2D eigenvalue weighted by atomic mass is 9.99. The first-order valence-corrected chi connectivity index (χ1v) is 24.8. The molecule has 0 radical (unpaired) electrons. The van der Waals surface area contributed by atoms with Crippen molar-refractivity contribution in [3.8, 4) is 0 Å². The van der Waals surface area contributed by atoms with Gasteiger partial charge in [0, 0.05) is 0 Å². The maximum absolute atomic E-state index is 14.1. The average molecular weight is 945 g/mol. The summed E-state index contributed by atoms with van der Waals surface area (Å²) in [6, 6.07) is 26.8. The van der Waals surface area contributed by atoms with E-state index in [1.54, 1.807) is 9.80 Å². The molecule has 0 N–H and O–H groups in total. The molecule has 12 nitrogen and oxygen atoms in total. The lowest BCUT2D eigenvalue weighted by molar-refractivity contribution is 0.00557. The Morgan fingerprint density at radius 2 is 0.969 bits per heavy atom. The second-order valence-corrected chi connectivity index (χ2v) is 21.1. The Morgan fingerprint density at radius 3 is 1.38 bits per heavy atom. The van der Waals surface area contributed by atoms with E-state index in [9.17, 15) is 19.2 Å². The van der Waals surface area contributed by atoms with Crippen molar-refractivity contribution in [2.45, 2.75) is 97.7 Å². The quantitative estimate of drug-likeness (QED) is 0.124. The van der Waals surface area contributed by atoms with E-state index in [-0.39, 0.29) is 21.3 Å². The number of benzene rings is 4. The van der Waals surface area contributed by atoms with Crippen LogP contribution in [0.2, 0.25) is 0 Å². The molecular weight excluding hydrogens is 901 g/mol. The third-order valence-electron chi connectivity index (χ3n) is 12.2. The zero-order valence-corrected chi connectivity index (χ0v) is 39.3. The Hall–Kier alpha value is -5.62. The van der Waals surface area contributed by atoms with Crippen molar-refractivity contribution >= 4 is 91.7 Å². The summed E-state index contributed by atoms with van der Waals surface area (Å²) >= 11 is 4.63. The first kappa shape index (κ1) is 43.3. The van der Waals surface area contributed by atoms with Gasteiger partial charge in [-0.2, -0.15) is 0 Å². The molecule has 0 fully saturated rings. The van der Waals surface area contributed by atoms with E-state index < -0.39 is 36.9 Å². The zero-order valence-electron chi connectivity index (χ0n) is 36.0. The van der Waals surface area contributed by atoms with Crippen LogP contribution in [0.25, 0.3) is 0 Å². The molecule has 0 unspecified atom stereocenters. The number of unbranched alkanes of at least 4 members (excludes halogenated alkanes) is 2. The van der Waals surface area contributed by atoms with Crippen LogP contribution in [0.1, 0.15) is 97.2 Å². The van der Waals surface area contributed by atoms with Crippen molar-refractivity contribution in [1.29, 1.82) is 0 Å². The summed E-state index contributed by atoms with van der Waals surface area (Å²) in [6.07, 6.45) is -0.373. The van der Waals surface area contributed by atoms with Gasteiger partial charge < -0.3 is 18.9 Å². The van der Waals surface area contributed by atoms with Crippen LogP contribution >= 0.6 is 45.3 Å². The van der Waals surface area contributed by atoms with Crippen LogP contribution in [-0.4, -0.2) is 36.1 Å². The van der Waals surface area contributed by atoms with Gasteiger partial charge in [0.1, 0.15) is 24.6 Å². The van der Waals surface area contributed by atoms with Crippen LogP contribution in [0.4, 0.5) is 32.3 Å². The highest BCUT2D eigenvalue weighted by Gasteiger charge is 2.46. The van der Waals surface area contributed by atoms with E-state index in [2.05, 4.69) is 0 Å². The molecule has 4 aromatic carbocycles. The zero-order chi connectivity index (χ0) is 44.9. The number of nitrogens with zero attached hydrogens (tertiary/aromatic N) is 4. The molecule has 0 saturated carbocycles. The summed E-state index contributed by atoms with van der Waals surface area (Å²) in [5.41, 5.74) is 9.26. The molecule has 4 aliphatic heterocycles. The highest BCUT2D eigenvalue weighted by molar-refractivity contribution is 7.29. The smallest absolute Gasteiger partial charge is 0.417 e. The third-order valence-corrected chi connectivity index (χ3v) is 16.8. The average Bonchev–Trinajstić information content (AvgIpc) is 3.90. The topological polar surface area (TPSA) is 136 Å². The number of anilines is 2. The molecule has 10 rings (SSSR count). The van der Waals surface area contributed by atoms with Crippen LogP contribution in [0, 0.1) is 27.7 Å². The summed E-state index contributed by atoms with van der Waals surface area (Å²) in [6.45, 7) is 8.17. The Morgan fingerprint density at radius 1 is 0.569 bits per heavy atom. The monoisotopic (exact) mass is 944 g/mol. The number of aryl methyl sites for hydroxylation is 4. The molecule has 4 atom stereocenters. The first-order valence-electron chi connectivity index (χ1n) is 21.5. The Labute approximate surface area is 391 Å². The van der Waals surface area contributed by atoms with Gasteiger partial charge in [-0.1, -0.05) is 125 Å².